The highest BCUT2D eigenvalue weighted by atomic mass is 16.5. The van der Waals surface area contributed by atoms with Crippen molar-refractivity contribution < 1.29 is 14.3 Å². The van der Waals surface area contributed by atoms with E-state index in [2.05, 4.69) is 20.6 Å². The minimum absolute atomic E-state index is 0.279. The van der Waals surface area contributed by atoms with Crippen LogP contribution in [0.4, 0.5) is 16.4 Å². The maximum atomic E-state index is 12.1. The van der Waals surface area contributed by atoms with Crippen LogP contribution in [-0.2, 0) is 6.54 Å². The first-order valence-electron chi connectivity index (χ1n) is 7.30. The molecule has 0 atom stereocenters. The van der Waals surface area contributed by atoms with Gasteiger partial charge in [-0.1, -0.05) is 6.07 Å². The first-order valence-corrected chi connectivity index (χ1v) is 7.30. The van der Waals surface area contributed by atoms with Gasteiger partial charge in [-0.2, -0.15) is 0 Å². The summed E-state index contributed by atoms with van der Waals surface area (Å²) in [6.07, 6.45) is 1.66. The Balaban J connectivity index is 2.00. The van der Waals surface area contributed by atoms with Crippen LogP contribution in [0.25, 0.3) is 0 Å². The predicted molar refractivity (Wildman–Crippen MR) is 91.8 cm³/mol. The Morgan fingerprint density at radius 3 is 2.67 bits per heavy atom. The van der Waals surface area contributed by atoms with Crippen LogP contribution in [0.3, 0.4) is 0 Å². The molecule has 0 radical (unpaired) electrons. The van der Waals surface area contributed by atoms with E-state index in [9.17, 15) is 4.79 Å². The SMILES string of the molecule is COc1cccc(NC(=O)NCc2ccnc(N(C)C)n2)c1OC. The molecule has 2 amide bonds. The van der Waals surface area contributed by atoms with Gasteiger partial charge in [-0.15, -0.1) is 0 Å². The Kier molecular flexibility index (Phi) is 5.78. The molecule has 0 bridgehead atoms. The molecule has 8 heteroatoms. The molecule has 0 saturated heterocycles. The van der Waals surface area contributed by atoms with Crippen LogP contribution in [-0.4, -0.2) is 44.3 Å². The van der Waals surface area contributed by atoms with Gasteiger partial charge >= 0.3 is 6.03 Å². The van der Waals surface area contributed by atoms with Gasteiger partial charge in [0.2, 0.25) is 5.95 Å². The van der Waals surface area contributed by atoms with E-state index in [0.717, 1.165) is 0 Å². The summed E-state index contributed by atoms with van der Waals surface area (Å²) >= 11 is 0. The van der Waals surface area contributed by atoms with Crippen LogP contribution in [0.1, 0.15) is 5.69 Å². The molecule has 0 spiro atoms. The van der Waals surface area contributed by atoms with E-state index in [-0.39, 0.29) is 12.6 Å². The lowest BCUT2D eigenvalue weighted by atomic mass is 10.2. The van der Waals surface area contributed by atoms with Gasteiger partial charge in [0.15, 0.2) is 11.5 Å². The molecule has 2 aromatic rings. The van der Waals surface area contributed by atoms with Crippen molar-refractivity contribution in [2.75, 3.05) is 38.5 Å². The second kappa shape index (κ2) is 8.00. The number of hydrogen-bond acceptors (Lipinski definition) is 6. The molecule has 1 aromatic carbocycles. The summed E-state index contributed by atoms with van der Waals surface area (Å²) in [5, 5.41) is 5.48. The standard InChI is InChI=1S/C16H21N5O3/c1-21(2)15-17-9-8-11(19-15)10-18-16(22)20-12-6-5-7-13(23-3)14(12)24-4/h5-9H,10H2,1-4H3,(H2,18,20,22). The van der Waals surface area contributed by atoms with Gasteiger partial charge in [0.05, 0.1) is 32.1 Å². The van der Waals surface area contributed by atoms with E-state index >= 15 is 0 Å². The first kappa shape index (κ1) is 17.3. The highest BCUT2D eigenvalue weighted by Gasteiger charge is 2.12. The second-order valence-electron chi connectivity index (χ2n) is 5.09. The molecule has 0 saturated carbocycles. The lowest BCUT2D eigenvalue weighted by Crippen LogP contribution is -2.29. The summed E-state index contributed by atoms with van der Waals surface area (Å²) in [4.78, 5) is 22.4. The van der Waals surface area contributed by atoms with Gasteiger partial charge in [-0.05, 0) is 18.2 Å². The Morgan fingerprint density at radius 1 is 1.21 bits per heavy atom. The fourth-order valence-corrected chi connectivity index (χ4v) is 2.02. The van der Waals surface area contributed by atoms with Crippen molar-refractivity contribution >= 4 is 17.7 Å². The van der Waals surface area contributed by atoms with E-state index in [1.54, 1.807) is 42.5 Å². The smallest absolute Gasteiger partial charge is 0.319 e. The maximum Gasteiger partial charge on any atom is 0.319 e. The van der Waals surface area contributed by atoms with Crippen molar-refractivity contribution in [3.63, 3.8) is 0 Å². The number of methoxy groups -OCH3 is 2. The third-order valence-electron chi connectivity index (χ3n) is 3.18. The fraction of sp³-hybridized carbons (Fsp3) is 0.312. The third-order valence-corrected chi connectivity index (χ3v) is 3.18. The molecule has 0 aliphatic rings. The normalized spacial score (nSPS) is 10.0. The fourth-order valence-electron chi connectivity index (χ4n) is 2.02. The number of carbonyl (C=O) groups is 1. The van der Waals surface area contributed by atoms with E-state index in [0.29, 0.717) is 28.8 Å². The summed E-state index contributed by atoms with van der Waals surface area (Å²) in [6.45, 7) is 0.279. The summed E-state index contributed by atoms with van der Waals surface area (Å²) < 4.78 is 10.5. The molecule has 0 aliphatic carbocycles. The van der Waals surface area contributed by atoms with Crippen molar-refractivity contribution in [2.24, 2.45) is 0 Å². The van der Waals surface area contributed by atoms with Crippen LogP contribution >= 0.6 is 0 Å². The van der Waals surface area contributed by atoms with Crippen LogP contribution in [0.2, 0.25) is 0 Å². The third kappa shape index (κ3) is 4.25. The maximum absolute atomic E-state index is 12.1. The number of nitrogens with zero attached hydrogens (tertiary/aromatic N) is 3. The zero-order chi connectivity index (χ0) is 17.5. The number of amides is 2. The highest BCUT2D eigenvalue weighted by molar-refractivity contribution is 5.91. The van der Waals surface area contributed by atoms with Crippen molar-refractivity contribution in [1.82, 2.24) is 15.3 Å². The number of carbonyl (C=O) groups excluding carboxylic acids is 1. The van der Waals surface area contributed by atoms with E-state index < -0.39 is 0 Å². The molecule has 2 rings (SSSR count). The summed E-state index contributed by atoms with van der Waals surface area (Å²) in [5.41, 5.74) is 1.23. The van der Waals surface area contributed by atoms with E-state index in [1.807, 2.05) is 14.1 Å². The lowest BCUT2D eigenvalue weighted by molar-refractivity contribution is 0.251. The van der Waals surface area contributed by atoms with Crippen molar-refractivity contribution in [1.29, 1.82) is 0 Å². The quantitative estimate of drug-likeness (QED) is 0.840. The molecule has 0 unspecified atom stereocenters. The number of benzene rings is 1. The van der Waals surface area contributed by atoms with Crippen LogP contribution in [0, 0.1) is 0 Å². The van der Waals surface area contributed by atoms with Gasteiger partial charge < -0.3 is 25.0 Å². The number of rotatable bonds is 6. The van der Waals surface area contributed by atoms with Gasteiger partial charge in [0.1, 0.15) is 0 Å². The molecule has 0 fully saturated rings. The van der Waals surface area contributed by atoms with Gasteiger partial charge in [-0.3, -0.25) is 0 Å². The Hall–Kier alpha value is -3.03. The largest absolute Gasteiger partial charge is 0.493 e. The molecule has 0 aliphatic heterocycles. The van der Waals surface area contributed by atoms with Crippen molar-refractivity contribution in [3.05, 3.63) is 36.2 Å². The molecule has 2 N–H and O–H groups in total. The Bertz CT molecular complexity index is 706. The topological polar surface area (TPSA) is 88.6 Å². The first-order chi connectivity index (χ1) is 11.5. The number of nitrogens with one attached hydrogen (secondary N) is 2. The Labute approximate surface area is 140 Å². The van der Waals surface area contributed by atoms with Crippen molar-refractivity contribution in [2.45, 2.75) is 6.54 Å². The average molecular weight is 331 g/mol. The van der Waals surface area contributed by atoms with E-state index in [1.165, 1.54) is 7.11 Å². The summed E-state index contributed by atoms with van der Waals surface area (Å²) in [7, 11) is 6.77. The monoisotopic (exact) mass is 331 g/mol. The predicted octanol–water partition coefficient (Wildman–Crippen LogP) is 1.88. The lowest BCUT2D eigenvalue weighted by Gasteiger charge is -2.14. The zero-order valence-corrected chi connectivity index (χ0v) is 14.2. The Morgan fingerprint density at radius 2 is 2.00 bits per heavy atom. The molecular formula is C16H21N5O3. The molecule has 8 nitrogen and oxygen atoms in total. The second-order valence-corrected chi connectivity index (χ2v) is 5.09. The van der Waals surface area contributed by atoms with Gasteiger partial charge in [-0.25, -0.2) is 14.8 Å². The molecular weight excluding hydrogens is 310 g/mol. The molecule has 128 valence electrons. The number of anilines is 2. The number of urea groups is 1. The van der Waals surface area contributed by atoms with Gasteiger partial charge in [0, 0.05) is 20.3 Å². The molecule has 24 heavy (non-hydrogen) atoms. The molecule has 1 heterocycles. The minimum atomic E-state index is -0.369. The zero-order valence-electron chi connectivity index (χ0n) is 14.2. The van der Waals surface area contributed by atoms with Crippen molar-refractivity contribution in [3.8, 4) is 11.5 Å². The number of para-hydroxylation sites is 1. The van der Waals surface area contributed by atoms with E-state index in [4.69, 9.17) is 9.47 Å². The van der Waals surface area contributed by atoms with Crippen LogP contribution in [0.5, 0.6) is 11.5 Å². The van der Waals surface area contributed by atoms with Gasteiger partial charge in [0.25, 0.3) is 0 Å². The number of hydrogen-bond donors (Lipinski definition) is 2. The highest BCUT2D eigenvalue weighted by Crippen LogP contribution is 2.34. The number of ether oxygens (including phenoxy) is 2. The number of aromatic nitrogens is 2. The minimum Gasteiger partial charge on any atom is -0.493 e. The summed E-state index contributed by atoms with van der Waals surface area (Å²) in [6, 6.07) is 6.64. The van der Waals surface area contributed by atoms with Crippen LogP contribution in [0.15, 0.2) is 30.5 Å². The van der Waals surface area contributed by atoms with Crippen LogP contribution < -0.4 is 25.0 Å². The summed E-state index contributed by atoms with van der Waals surface area (Å²) in [5.74, 6) is 1.60. The average Bonchev–Trinajstić information content (AvgIpc) is 2.59. The molecule has 1 aromatic heterocycles.